The van der Waals surface area contributed by atoms with E-state index < -0.39 is 10.0 Å². The topological polar surface area (TPSA) is 121 Å². The van der Waals surface area contributed by atoms with E-state index in [1.807, 2.05) is 0 Å². The van der Waals surface area contributed by atoms with Gasteiger partial charge in [0.25, 0.3) is 10.0 Å². The Kier molecular flexibility index (Phi) is 5.14. The fourth-order valence-electron chi connectivity index (χ4n) is 0.898. The Balaban J connectivity index is 2.73. The van der Waals surface area contributed by atoms with Crippen molar-refractivity contribution < 1.29 is 18.3 Å². The van der Waals surface area contributed by atoms with Gasteiger partial charge in [0.2, 0.25) is 15.4 Å². The fraction of sp³-hybridized carbons (Fsp3) is 0.625. The lowest BCUT2D eigenvalue weighted by Gasteiger charge is -2.07. The molecule has 0 aliphatic rings. The minimum atomic E-state index is -3.75. The molecule has 0 radical (unpaired) electrons. The molecule has 1 amide bonds. The average Bonchev–Trinajstić information content (AvgIpc) is 2.74. The first kappa shape index (κ1) is 15.0. The molecule has 10 heteroatoms. The highest BCUT2D eigenvalue weighted by Gasteiger charge is 2.20. The van der Waals surface area contributed by atoms with Gasteiger partial charge in [-0.05, 0) is 5.92 Å². The Bertz CT molecular complexity index is 513. The molecule has 0 saturated carbocycles. The molecule has 102 valence electrons. The summed E-state index contributed by atoms with van der Waals surface area (Å²) in [7, 11) is -3.75. The molecule has 8 nitrogen and oxygen atoms in total. The van der Waals surface area contributed by atoms with Crippen molar-refractivity contribution in [3.8, 4) is 0 Å². The number of rotatable bonds is 6. The van der Waals surface area contributed by atoms with Gasteiger partial charge >= 0.3 is 0 Å². The number of nitrogens with one attached hydrogen (secondary N) is 2. The zero-order valence-electron chi connectivity index (χ0n) is 9.87. The van der Waals surface area contributed by atoms with Gasteiger partial charge in [-0.1, -0.05) is 18.3 Å². The summed E-state index contributed by atoms with van der Waals surface area (Å²) >= 11 is 0.760. The molecule has 1 aromatic rings. The molecular formula is C8H14N4O4S2. The molecule has 3 N–H and O–H groups in total. The number of carbonyl (C=O) groups excluding carboxylic acids is 1. The van der Waals surface area contributed by atoms with Crippen molar-refractivity contribution in [1.29, 1.82) is 0 Å². The summed E-state index contributed by atoms with van der Waals surface area (Å²) in [6.45, 7) is 2.98. The third-order valence-corrected chi connectivity index (χ3v) is 4.48. The number of aliphatic hydroxyl groups excluding tert-OH is 1. The molecule has 1 unspecified atom stereocenters. The van der Waals surface area contributed by atoms with Gasteiger partial charge < -0.3 is 10.4 Å². The number of anilines is 1. The number of aliphatic hydroxyl groups is 1. The van der Waals surface area contributed by atoms with Crippen molar-refractivity contribution in [1.82, 2.24) is 14.9 Å². The number of sulfonamides is 1. The van der Waals surface area contributed by atoms with E-state index in [1.54, 1.807) is 6.92 Å². The predicted molar refractivity (Wildman–Crippen MR) is 65.7 cm³/mol. The third-order valence-electron chi connectivity index (χ3n) is 1.85. The summed E-state index contributed by atoms with van der Waals surface area (Å²) in [5.41, 5.74) is 0. The Hall–Kier alpha value is -1.10. The van der Waals surface area contributed by atoms with Gasteiger partial charge in [0.1, 0.15) is 0 Å². The van der Waals surface area contributed by atoms with Gasteiger partial charge in [-0.3, -0.25) is 4.79 Å². The van der Waals surface area contributed by atoms with Crippen LogP contribution in [0.3, 0.4) is 0 Å². The van der Waals surface area contributed by atoms with Crippen molar-refractivity contribution in [2.75, 3.05) is 18.5 Å². The Labute approximate surface area is 108 Å². The van der Waals surface area contributed by atoms with Gasteiger partial charge in [-0.25, -0.2) is 13.1 Å². The highest BCUT2D eigenvalue weighted by Crippen LogP contribution is 2.19. The van der Waals surface area contributed by atoms with Crippen molar-refractivity contribution in [3.63, 3.8) is 0 Å². The molecule has 1 rings (SSSR count). The van der Waals surface area contributed by atoms with Crippen molar-refractivity contribution in [2.24, 2.45) is 5.92 Å². The van der Waals surface area contributed by atoms with Crippen LogP contribution in [-0.2, 0) is 14.8 Å². The number of aromatic nitrogens is 2. The van der Waals surface area contributed by atoms with Crippen molar-refractivity contribution in [3.05, 3.63) is 0 Å². The zero-order valence-corrected chi connectivity index (χ0v) is 11.5. The van der Waals surface area contributed by atoms with E-state index in [1.165, 1.54) is 6.92 Å². The van der Waals surface area contributed by atoms with E-state index in [0.29, 0.717) is 0 Å². The minimum absolute atomic E-state index is 0.105. The van der Waals surface area contributed by atoms with Gasteiger partial charge in [0.05, 0.1) is 0 Å². The number of nitrogens with zero attached hydrogens (tertiary/aromatic N) is 2. The highest BCUT2D eigenvalue weighted by atomic mass is 32.2. The highest BCUT2D eigenvalue weighted by molar-refractivity contribution is 7.91. The first-order valence-corrected chi connectivity index (χ1v) is 7.36. The molecule has 0 bridgehead atoms. The Morgan fingerprint density at radius 3 is 2.72 bits per heavy atom. The first-order chi connectivity index (χ1) is 8.35. The van der Waals surface area contributed by atoms with Crippen LogP contribution in [0.2, 0.25) is 0 Å². The van der Waals surface area contributed by atoms with Crippen LogP contribution in [-0.4, -0.2) is 42.8 Å². The zero-order chi connectivity index (χ0) is 13.8. The molecule has 0 aliphatic carbocycles. The molecule has 0 fully saturated rings. The van der Waals surface area contributed by atoms with E-state index in [0.717, 1.165) is 11.3 Å². The first-order valence-electron chi connectivity index (χ1n) is 5.06. The molecule has 1 atom stereocenters. The summed E-state index contributed by atoms with van der Waals surface area (Å²) in [4.78, 5) is 10.8. The van der Waals surface area contributed by atoms with Gasteiger partial charge in [0, 0.05) is 20.1 Å². The summed E-state index contributed by atoms with van der Waals surface area (Å²) < 4.78 is 25.6. The van der Waals surface area contributed by atoms with Crippen LogP contribution < -0.4 is 10.0 Å². The molecule has 0 spiro atoms. The summed E-state index contributed by atoms with van der Waals surface area (Å²) in [5.74, 6) is -0.542. The summed E-state index contributed by atoms with van der Waals surface area (Å²) in [6.07, 6.45) is 0. The van der Waals surface area contributed by atoms with E-state index in [2.05, 4.69) is 20.2 Å². The Morgan fingerprint density at radius 1 is 1.50 bits per heavy atom. The molecular weight excluding hydrogens is 280 g/mol. The van der Waals surface area contributed by atoms with E-state index in [4.69, 9.17) is 5.11 Å². The van der Waals surface area contributed by atoms with Crippen molar-refractivity contribution >= 4 is 32.4 Å². The van der Waals surface area contributed by atoms with Crippen LogP contribution in [0.4, 0.5) is 5.13 Å². The van der Waals surface area contributed by atoms with Crippen LogP contribution in [0.25, 0.3) is 0 Å². The third kappa shape index (κ3) is 4.29. The predicted octanol–water partition coefficient (Wildman–Crippen LogP) is -0.597. The molecule has 0 saturated heterocycles. The van der Waals surface area contributed by atoms with Crippen molar-refractivity contribution in [2.45, 2.75) is 18.2 Å². The fourth-order valence-corrected chi connectivity index (χ4v) is 3.05. The maximum atomic E-state index is 11.8. The molecule has 1 heterocycles. The summed E-state index contributed by atoms with van der Waals surface area (Å²) in [5, 5.41) is 18.3. The second-order valence-electron chi connectivity index (χ2n) is 3.69. The van der Waals surface area contributed by atoms with Gasteiger partial charge in [0.15, 0.2) is 0 Å². The number of hydrogen-bond donors (Lipinski definition) is 3. The monoisotopic (exact) mass is 294 g/mol. The number of amides is 1. The average molecular weight is 294 g/mol. The minimum Gasteiger partial charge on any atom is -0.396 e. The van der Waals surface area contributed by atoms with E-state index in [9.17, 15) is 13.2 Å². The van der Waals surface area contributed by atoms with Crippen LogP contribution >= 0.6 is 11.3 Å². The smallest absolute Gasteiger partial charge is 0.269 e. The Morgan fingerprint density at radius 2 is 2.17 bits per heavy atom. The number of hydrogen-bond acceptors (Lipinski definition) is 7. The molecule has 0 aromatic carbocycles. The largest absolute Gasteiger partial charge is 0.396 e. The maximum absolute atomic E-state index is 11.8. The number of carbonyl (C=O) groups is 1. The second-order valence-corrected chi connectivity index (χ2v) is 6.61. The van der Waals surface area contributed by atoms with E-state index in [-0.39, 0.29) is 34.4 Å². The summed E-state index contributed by atoms with van der Waals surface area (Å²) in [6, 6.07) is 0. The SMILES string of the molecule is CC(=O)Nc1nnc(S(=O)(=O)NCC(C)CO)s1. The maximum Gasteiger partial charge on any atom is 0.269 e. The molecule has 0 aliphatic heterocycles. The normalized spacial score (nSPS) is 13.3. The van der Waals surface area contributed by atoms with E-state index >= 15 is 0 Å². The van der Waals surface area contributed by atoms with Crippen LogP contribution in [0.15, 0.2) is 4.34 Å². The second kappa shape index (κ2) is 6.18. The van der Waals surface area contributed by atoms with Crippen LogP contribution in [0.5, 0.6) is 0 Å². The van der Waals surface area contributed by atoms with Gasteiger partial charge in [-0.2, -0.15) is 0 Å². The molecule has 1 aromatic heterocycles. The van der Waals surface area contributed by atoms with Crippen LogP contribution in [0, 0.1) is 5.92 Å². The lowest BCUT2D eigenvalue weighted by atomic mass is 10.2. The van der Waals surface area contributed by atoms with Crippen LogP contribution in [0.1, 0.15) is 13.8 Å². The molecule has 18 heavy (non-hydrogen) atoms. The lowest BCUT2D eigenvalue weighted by Crippen LogP contribution is -2.29. The standard InChI is InChI=1S/C8H14N4O4S2/c1-5(4-13)3-9-18(15,16)8-12-11-7(17-8)10-6(2)14/h5,9,13H,3-4H2,1-2H3,(H,10,11,14). The quantitative estimate of drug-likeness (QED) is 0.603. The lowest BCUT2D eigenvalue weighted by molar-refractivity contribution is -0.114. The van der Waals surface area contributed by atoms with Gasteiger partial charge in [-0.15, -0.1) is 10.2 Å².